The van der Waals surface area contributed by atoms with Gasteiger partial charge in [-0.3, -0.25) is 4.90 Å². The number of benzene rings is 2. The molecule has 2 heterocycles. The summed E-state index contributed by atoms with van der Waals surface area (Å²) >= 11 is 0. The first-order valence-electron chi connectivity index (χ1n) is 13.9. The summed E-state index contributed by atoms with van der Waals surface area (Å²) in [5, 5.41) is 12.9. The smallest absolute Gasteiger partial charge is 0.410 e. The molecule has 2 fully saturated rings. The molecule has 2 aromatic rings. The van der Waals surface area contributed by atoms with Gasteiger partial charge in [0.05, 0.1) is 19.3 Å². The Labute approximate surface area is 234 Å². The summed E-state index contributed by atoms with van der Waals surface area (Å²) in [5.41, 5.74) is -1.52. The Bertz CT molecular complexity index is 1130. The van der Waals surface area contributed by atoms with Crippen molar-refractivity contribution in [3.05, 3.63) is 60.7 Å². The van der Waals surface area contributed by atoms with Crippen molar-refractivity contribution in [3.63, 3.8) is 0 Å². The summed E-state index contributed by atoms with van der Waals surface area (Å²) in [5.74, 6) is 0. The van der Waals surface area contributed by atoms with E-state index in [1.807, 2.05) is 32.9 Å². The minimum absolute atomic E-state index is 0.0714. The van der Waals surface area contributed by atoms with Crippen molar-refractivity contribution in [1.29, 1.82) is 5.26 Å². The summed E-state index contributed by atoms with van der Waals surface area (Å²) < 4.78 is 19.1. The summed E-state index contributed by atoms with van der Waals surface area (Å²) in [6.07, 6.45) is -0.771. The van der Waals surface area contributed by atoms with Gasteiger partial charge in [-0.15, -0.1) is 0 Å². The standard InChI is InChI=1S/C31H43N3O4Si/c1-24-20-33(28(35)37-29(2,3)4)18-19-34(24)31(22-32)23-36-21-27(31)38-39(30(5,6)7,25-14-10-8-11-15-25)26-16-12-9-13-17-26/h8-17,24,27H,18-21,23H2,1-7H3/t24-,27+,31-/m0/s1. The monoisotopic (exact) mass is 549 g/mol. The number of rotatable bonds is 5. The highest BCUT2D eigenvalue weighted by atomic mass is 28.4. The number of nitriles is 1. The Hall–Kier alpha value is -2.70. The lowest BCUT2D eigenvalue weighted by Gasteiger charge is -2.51. The lowest BCUT2D eigenvalue weighted by Crippen LogP contribution is -2.72. The van der Waals surface area contributed by atoms with Crippen LogP contribution in [-0.2, 0) is 13.9 Å². The van der Waals surface area contributed by atoms with E-state index < -0.39 is 25.6 Å². The molecule has 0 saturated carbocycles. The van der Waals surface area contributed by atoms with Gasteiger partial charge in [0.25, 0.3) is 8.32 Å². The van der Waals surface area contributed by atoms with Crippen molar-refractivity contribution >= 4 is 24.8 Å². The Morgan fingerprint density at radius 3 is 2.03 bits per heavy atom. The number of amides is 1. The van der Waals surface area contributed by atoms with Gasteiger partial charge in [0, 0.05) is 25.7 Å². The van der Waals surface area contributed by atoms with Gasteiger partial charge in [0.1, 0.15) is 11.7 Å². The summed E-state index contributed by atoms with van der Waals surface area (Å²) in [6, 6.07) is 23.5. The third-order valence-corrected chi connectivity index (χ3v) is 12.9. The zero-order valence-corrected chi connectivity index (χ0v) is 25.4. The number of nitrogens with zero attached hydrogens (tertiary/aromatic N) is 3. The van der Waals surface area contributed by atoms with Gasteiger partial charge in [-0.2, -0.15) is 5.26 Å². The molecule has 0 unspecified atom stereocenters. The molecule has 0 aromatic heterocycles. The van der Waals surface area contributed by atoms with Crippen LogP contribution in [0.1, 0.15) is 48.5 Å². The van der Waals surface area contributed by atoms with E-state index in [0.717, 1.165) is 0 Å². The van der Waals surface area contributed by atoms with E-state index in [1.165, 1.54) is 10.4 Å². The maximum atomic E-state index is 12.8. The van der Waals surface area contributed by atoms with Crippen LogP contribution in [0.4, 0.5) is 4.79 Å². The maximum Gasteiger partial charge on any atom is 0.410 e. The highest BCUT2D eigenvalue weighted by Gasteiger charge is 2.59. The molecule has 3 atom stereocenters. The maximum absolute atomic E-state index is 12.8. The Kier molecular flexibility index (Phi) is 8.30. The lowest BCUT2D eigenvalue weighted by atomic mass is 9.92. The van der Waals surface area contributed by atoms with E-state index in [4.69, 9.17) is 13.9 Å². The van der Waals surface area contributed by atoms with Crippen LogP contribution >= 0.6 is 0 Å². The van der Waals surface area contributed by atoms with E-state index in [9.17, 15) is 10.1 Å². The first-order chi connectivity index (χ1) is 18.3. The Morgan fingerprint density at radius 2 is 1.56 bits per heavy atom. The van der Waals surface area contributed by atoms with Gasteiger partial charge in [-0.1, -0.05) is 81.4 Å². The van der Waals surface area contributed by atoms with E-state index in [1.54, 1.807) is 4.90 Å². The van der Waals surface area contributed by atoms with E-state index in [0.29, 0.717) is 26.2 Å². The molecule has 210 valence electrons. The second kappa shape index (κ2) is 11.1. The molecule has 0 spiro atoms. The van der Waals surface area contributed by atoms with Crippen LogP contribution in [0.5, 0.6) is 0 Å². The van der Waals surface area contributed by atoms with Gasteiger partial charge in [-0.25, -0.2) is 4.79 Å². The van der Waals surface area contributed by atoms with Crippen LogP contribution in [0.3, 0.4) is 0 Å². The fourth-order valence-electron chi connectivity index (χ4n) is 6.07. The molecule has 0 radical (unpaired) electrons. The molecule has 0 bridgehead atoms. The van der Waals surface area contributed by atoms with Crippen molar-refractivity contribution < 1.29 is 18.7 Å². The molecule has 2 aliphatic heterocycles. The average Bonchev–Trinajstić information content (AvgIpc) is 3.29. The van der Waals surface area contributed by atoms with Crippen molar-refractivity contribution in [2.45, 2.75) is 76.8 Å². The molecule has 4 rings (SSSR count). The van der Waals surface area contributed by atoms with Crippen LogP contribution < -0.4 is 10.4 Å². The van der Waals surface area contributed by atoms with Crippen molar-refractivity contribution in [2.75, 3.05) is 32.8 Å². The molecule has 2 aliphatic rings. The molecule has 0 N–H and O–H groups in total. The molecular formula is C31H43N3O4Si. The van der Waals surface area contributed by atoms with Gasteiger partial charge in [0.15, 0.2) is 5.54 Å². The first kappa shape index (κ1) is 29.3. The Morgan fingerprint density at radius 1 is 1.00 bits per heavy atom. The third-order valence-electron chi connectivity index (χ3n) is 7.85. The van der Waals surface area contributed by atoms with Crippen molar-refractivity contribution in [1.82, 2.24) is 9.80 Å². The third kappa shape index (κ3) is 5.64. The first-order valence-corrected chi connectivity index (χ1v) is 15.8. The number of hydrogen-bond acceptors (Lipinski definition) is 6. The SMILES string of the molecule is C[C@H]1CN(C(=O)OC(C)(C)C)CCN1[C@@]1(C#N)COC[C@H]1O[Si](c1ccccc1)(c1ccccc1)C(C)(C)C. The molecule has 2 saturated heterocycles. The minimum Gasteiger partial charge on any atom is -0.444 e. The normalized spacial score (nSPS) is 24.8. The predicted octanol–water partition coefficient (Wildman–Crippen LogP) is 4.17. The average molecular weight is 550 g/mol. The van der Waals surface area contributed by atoms with Crippen LogP contribution in [-0.4, -0.2) is 80.3 Å². The summed E-state index contributed by atoms with van der Waals surface area (Å²) in [6.45, 7) is 16.5. The van der Waals surface area contributed by atoms with E-state index in [2.05, 4.69) is 87.2 Å². The van der Waals surface area contributed by atoms with E-state index >= 15 is 0 Å². The highest BCUT2D eigenvalue weighted by Crippen LogP contribution is 2.41. The minimum atomic E-state index is -2.91. The molecule has 2 aromatic carbocycles. The van der Waals surface area contributed by atoms with Crippen LogP contribution in [0.25, 0.3) is 0 Å². The quantitative estimate of drug-likeness (QED) is 0.522. The molecular weight excluding hydrogens is 506 g/mol. The van der Waals surface area contributed by atoms with Crippen molar-refractivity contribution in [2.24, 2.45) is 0 Å². The summed E-state index contributed by atoms with van der Waals surface area (Å²) in [7, 11) is -2.91. The molecule has 7 nitrogen and oxygen atoms in total. The molecule has 39 heavy (non-hydrogen) atoms. The largest absolute Gasteiger partial charge is 0.444 e. The molecule has 8 heteroatoms. The number of piperazine rings is 1. The van der Waals surface area contributed by atoms with E-state index in [-0.39, 0.29) is 23.8 Å². The van der Waals surface area contributed by atoms with Crippen molar-refractivity contribution in [3.8, 4) is 6.07 Å². The highest BCUT2D eigenvalue weighted by molar-refractivity contribution is 6.99. The van der Waals surface area contributed by atoms with Gasteiger partial charge in [0.2, 0.25) is 0 Å². The van der Waals surface area contributed by atoms with Gasteiger partial charge < -0.3 is 18.8 Å². The van der Waals surface area contributed by atoms with Gasteiger partial charge >= 0.3 is 6.09 Å². The van der Waals surface area contributed by atoms with Crippen LogP contribution in [0.2, 0.25) is 5.04 Å². The number of hydrogen-bond donors (Lipinski definition) is 0. The van der Waals surface area contributed by atoms with Crippen LogP contribution in [0, 0.1) is 11.3 Å². The van der Waals surface area contributed by atoms with Crippen LogP contribution in [0.15, 0.2) is 60.7 Å². The summed E-state index contributed by atoms with van der Waals surface area (Å²) in [4.78, 5) is 16.7. The molecule has 1 amide bonds. The topological polar surface area (TPSA) is 75.0 Å². The predicted molar refractivity (Wildman–Crippen MR) is 156 cm³/mol. The zero-order chi connectivity index (χ0) is 28.5. The fourth-order valence-corrected chi connectivity index (χ4v) is 10.8. The van der Waals surface area contributed by atoms with Gasteiger partial charge in [-0.05, 0) is 43.1 Å². The number of carbonyl (C=O) groups excluding carboxylic acids is 1. The molecule has 0 aliphatic carbocycles. The lowest BCUT2D eigenvalue weighted by molar-refractivity contribution is -0.0323. The Balaban J connectivity index is 1.70. The number of ether oxygens (including phenoxy) is 2. The number of carbonyl (C=O) groups is 1. The second-order valence-corrected chi connectivity index (χ2v) is 17.0. The zero-order valence-electron chi connectivity index (χ0n) is 24.4. The second-order valence-electron chi connectivity index (χ2n) is 12.8. The fraction of sp³-hybridized carbons (Fsp3) is 0.548.